The van der Waals surface area contributed by atoms with Crippen LogP contribution in [0.2, 0.25) is 0 Å². The molecule has 0 heterocycles. The monoisotopic (exact) mass is 483 g/mol. The van der Waals surface area contributed by atoms with E-state index in [0.717, 1.165) is 17.5 Å². The van der Waals surface area contributed by atoms with E-state index in [2.05, 4.69) is 16.0 Å². The van der Waals surface area contributed by atoms with Crippen LogP contribution in [0.25, 0.3) is 0 Å². The Bertz CT molecular complexity index is 950. The fourth-order valence-electron chi connectivity index (χ4n) is 3.55. The Morgan fingerprint density at radius 1 is 0.886 bits per heavy atom. The third-order valence-corrected chi connectivity index (χ3v) is 5.49. The van der Waals surface area contributed by atoms with E-state index in [1.165, 1.54) is 6.92 Å². The number of amides is 3. The molecule has 0 aliphatic heterocycles. The van der Waals surface area contributed by atoms with E-state index in [0.29, 0.717) is 18.7 Å². The number of anilines is 1. The van der Waals surface area contributed by atoms with Gasteiger partial charge in [-0.1, -0.05) is 55.8 Å². The maximum Gasteiger partial charge on any atom is 0.248 e. The van der Waals surface area contributed by atoms with Crippen molar-refractivity contribution in [2.45, 2.75) is 63.9 Å². The number of nitrogens with one attached hydrogen (secondary N) is 3. The molecule has 0 spiro atoms. The molecule has 0 saturated carbocycles. The van der Waals surface area contributed by atoms with Crippen molar-refractivity contribution < 1.29 is 19.1 Å². The van der Waals surface area contributed by atoms with Crippen LogP contribution in [0.1, 0.15) is 37.8 Å². The molecule has 2 aromatic rings. The van der Waals surface area contributed by atoms with Crippen LogP contribution in [-0.2, 0) is 32.1 Å². The maximum absolute atomic E-state index is 13.3. The zero-order chi connectivity index (χ0) is 25.8. The van der Waals surface area contributed by atoms with Crippen molar-refractivity contribution in [3.05, 3.63) is 65.7 Å². The summed E-state index contributed by atoms with van der Waals surface area (Å²) in [7, 11) is 1.61. The van der Waals surface area contributed by atoms with Gasteiger partial charge in [0.05, 0.1) is 12.6 Å². The van der Waals surface area contributed by atoms with E-state index in [9.17, 15) is 14.4 Å². The summed E-state index contributed by atoms with van der Waals surface area (Å²) in [5.41, 5.74) is 14.4. The predicted molar refractivity (Wildman–Crippen MR) is 136 cm³/mol. The topological polar surface area (TPSA) is 149 Å². The number of hydrogen-bond donors (Lipinski definition) is 5. The first-order valence-electron chi connectivity index (χ1n) is 11.8. The first-order chi connectivity index (χ1) is 16.7. The summed E-state index contributed by atoms with van der Waals surface area (Å²) < 4.78 is 5.11. The Balaban J connectivity index is 2.20. The highest BCUT2D eigenvalue weighted by Gasteiger charge is 2.31. The van der Waals surface area contributed by atoms with Crippen molar-refractivity contribution in [1.82, 2.24) is 10.6 Å². The van der Waals surface area contributed by atoms with Crippen LogP contribution in [0.15, 0.2) is 54.6 Å². The number of carbonyl (C=O) groups excluding carboxylic acids is 3. The lowest BCUT2D eigenvalue weighted by Gasteiger charge is -2.27. The van der Waals surface area contributed by atoms with Crippen molar-refractivity contribution in [1.29, 1.82) is 0 Å². The van der Waals surface area contributed by atoms with E-state index in [1.54, 1.807) is 19.2 Å². The molecular formula is C26H37N5O4. The molecule has 0 fully saturated rings. The Hall–Kier alpha value is -3.27. The number of methoxy groups -OCH3 is 1. The molecule has 35 heavy (non-hydrogen) atoms. The second-order valence-electron chi connectivity index (χ2n) is 8.60. The SMILES string of the molecule is CCCC(N)[C@H](NC(=O)[C@H](Cc1ccccc1)NC(=O)[C@@H](C)N)C(=O)Nc1ccc(COC)cc1. The van der Waals surface area contributed by atoms with E-state index in [4.69, 9.17) is 16.2 Å². The van der Waals surface area contributed by atoms with Gasteiger partial charge in [-0.15, -0.1) is 0 Å². The Morgan fingerprint density at radius 3 is 2.11 bits per heavy atom. The predicted octanol–water partition coefficient (Wildman–Crippen LogP) is 1.46. The van der Waals surface area contributed by atoms with Crippen LogP contribution in [0.5, 0.6) is 0 Å². The van der Waals surface area contributed by atoms with Crippen molar-refractivity contribution >= 4 is 23.4 Å². The third-order valence-electron chi connectivity index (χ3n) is 5.49. The fourth-order valence-corrected chi connectivity index (χ4v) is 3.55. The first-order valence-corrected chi connectivity index (χ1v) is 11.8. The van der Waals surface area contributed by atoms with Crippen LogP contribution in [0.3, 0.4) is 0 Å². The van der Waals surface area contributed by atoms with Gasteiger partial charge in [-0.2, -0.15) is 0 Å². The summed E-state index contributed by atoms with van der Waals surface area (Å²) >= 11 is 0. The zero-order valence-corrected chi connectivity index (χ0v) is 20.6. The standard InChI is InChI=1S/C26H37N5O4/c1-4-8-21(28)23(26(34)29-20-13-11-19(12-14-20)16-35-3)31-25(33)22(30-24(32)17(2)27)15-18-9-6-5-7-10-18/h5-7,9-14,17,21-23H,4,8,15-16,27-28H2,1-3H3,(H,29,34)(H,30,32)(H,31,33)/t17-,21?,22+,23+/m1/s1. The van der Waals surface area contributed by atoms with Gasteiger partial charge in [-0.25, -0.2) is 0 Å². The molecule has 3 amide bonds. The summed E-state index contributed by atoms with van der Waals surface area (Å²) in [6, 6.07) is 13.2. The molecule has 2 aromatic carbocycles. The largest absolute Gasteiger partial charge is 0.380 e. The molecule has 9 nitrogen and oxygen atoms in total. The van der Waals surface area contributed by atoms with Gasteiger partial charge in [0.15, 0.2) is 0 Å². The number of ether oxygens (including phenoxy) is 1. The number of rotatable bonds is 13. The first kappa shape index (κ1) is 28.0. The molecular weight excluding hydrogens is 446 g/mol. The summed E-state index contributed by atoms with van der Waals surface area (Å²) in [5, 5.41) is 8.28. The molecule has 190 valence electrons. The van der Waals surface area contributed by atoms with E-state index >= 15 is 0 Å². The minimum atomic E-state index is -0.994. The molecule has 0 saturated heterocycles. The minimum absolute atomic E-state index is 0.240. The molecule has 0 aliphatic rings. The van der Waals surface area contributed by atoms with Crippen molar-refractivity contribution in [2.24, 2.45) is 11.5 Å². The van der Waals surface area contributed by atoms with Crippen LogP contribution >= 0.6 is 0 Å². The van der Waals surface area contributed by atoms with Crippen molar-refractivity contribution in [2.75, 3.05) is 12.4 Å². The molecule has 9 heteroatoms. The maximum atomic E-state index is 13.3. The molecule has 7 N–H and O–H groups in total. The smallest absolute Gasteiger partial charge is 0.248 e. The second-order valence-corrected chi connectivity index (χ2v) is 8.60. The summed E-state index contributed by atoms with van der Waals surface area (Å²) in [6.07, 6.45) is 1.51. The normalized spacial score (nSPS) is 14.3. The van der Waals surface area contributed by atoms with Crippen LogP contribution in [-0.4, -0.2) is 49.0 Å². The van der Waals surface area contributed by atoms with Crippen molar-refractivity contribution in [3.8, 4) is 0 Å². The van der Waals surface area contributed by atoms with Gasteiger partial charge in [0, 0.05) is 25.3 Å². The van der Waals surface area contributed by atoms with Gasteiger partial charge in [0.1, 0.15) is 12.1 Å². The van der Waals surface area contributed by atoms with E-state index < -0.39 is 41.9 Å². The molecule has 0 bridgehead atoms. The molecule has 1 unspecified atom stereocenters. The van der Waals surface area contributed by atoms with Crippen molar-refractivity contribution in [3.63, 3.8) is 0 Å². The third kappa shape index (κ3) is 9.12. The molecule has 4 atom stereocenters. The Labute approximate surface area is 207 Å². The van der Waals surface area contributed by atoms with E-state index in [1.807, 2.05) is 49.4 Å². The minimum Gasteiger partial charge on any atom is -0.380 e. The fraction of sp³-hybridized carbons (Fsp3) is 0.423. The van der Waals surface area contributed by atoms with Crippen LogP contribution in [0.4, 0.5) is 5.69 Å². The summed E-state index contributed by atoms with van der Waals surface area (Å²) in [6.45, 7) is 3.95. The molecule has 2 rings (SSSR count). The molecule has 0 aromatic heterocycles. The lowest BCUT2D eigenvalue weighted by Crippen LogP contribution is -2.59. The van der Waals surface area contributed by atoms with Gasteiger partial charge in [-0.3, -0.25) is 14.4 Å². The average molecular weight is 484 g/mol. The van der Waals surface area contributed by atoms with Crippen LogP contribution in [0, 0.1) is 0 Å². The highest BCUT2D eigenvalue weighted by atomic mass is 16.5. The highest BCUT2D eigenvalue weighted by Crippen LogP contribution is 2.12. The van der Waals surface area contributed by atoms with E-state index in [-0.39, 0.29) is 6.42 Å². The highest BCUT2D eigenvalue weighted by molar-refractivity contribution is 5.99. The molecule has 0 aliphatic carbocycles. The Morgan fingerprint density at radius 2 is 1.54 bits per heavy atom. The number of hydrogen-bond acceptors (Lipinski definition) is 6. The van der Waals surface area contributed by atoms with Gasteiger partial charge in [0.2, 0.25) is 17.7 Å². The van der Waals surface area contributed by atoms with Crippen LogP contribution < -0.4 is 27.4 Å². The second kappa shape index (κ2) is 14.2. The lowest BCUT2D eigenvalue weighted by atomic mass is 10.0. The number of benzene rings is 2. The zero-order valence-electron chi connectivity index (χ0n) is 20.6. The van der Waals surface area contributed by atoms with Gasteiger partial charge < -0.3 is 32.2 Å². The summed E-state index contributed by atoms with van der Waals surface area (Å²) in [4.78, 5) is 38.7. The van der Waals surface area contributed by atoms with Gasteiger partial charge >= 0.3 is 0 Å². The number of nitrogens with two attached hydrogens (primary N) is 2. The lowest BCUT2D eigenvalue weighted by molar-refractivity contribution is -0.131. The quantitative estimate of drug-likeness (QED) is 0.291. The number of carbonyl (C=O) groups is 3. The Kier molecular flexibility index (Phi) is 11.4. The molecule has 0 radical (unpaired) electrons. The summed E-state index contributed by atoms with van der Waals surface area (Å²) in [5.74, 6) is -1.41. The average Bonchev–Trinajstić information content (AvgIpc) is 2.83. The van der Waals surface area contributed by atoms with Gasteiger partial charge in [0.25, 0.3) is 0 Å². The van der Waals surface area contributed by atoms with Gasteiger partial charge in [-0.05, 0) is 36.6 Å².